The molecule has 0 unspecified atom stereocenters. The van der Waals surface area contributed by atoms with Gasteiger partial charge in [0.1, 0.15) is 18.3 Å². The Morgan fingerprint density at radius 2 is 1.47 bits per heavy atom. The van der Waals surface area contributed by atoms with Crippen molar-refractivity contribution in [1.29, 1.82) is 0 Å². The highest BCUT2D eigenvalue weighted by Gasteiger charge is 2.34. The van der Waals surface area contributed by atoms with Gasteiger partial charge in [0.25, 0.3) is 10.0 Å². The molecule has 8 nitrogen and oxygen atoms in total. The van der Waals surface area contributed by atoms with Gasteiger partial charge in [-0.1, -0.05) is 77.8 Å². The molecule has 11 heteroatoms. The zero-order chi connectivity index (χ0) is 31.0. The molecule has 0 fully saturated rings. The summed E-state index contributed by atoms with van der Waals surface area (Å²) in [5, 5.41) is 3.29. The highest BCUT2D eigenvalue weighted by atomic mass is 35.5. The second-order valence-corrected chi connectivity index (χ2v) is 12.3. The maximum Gasteiger partial charge on any atom is 0.264 e. The van der Waals surface area contributed by atoms with E-state index in [1.807, 2.05) is 30.3 Å². The summed E-state index contributed by atoms with van der Waals surface area (Å²) in [7, 11) is -1.20. The Kier molecular flexibility index (Phi) is 10.7. The second-order valence-electron chi connectivity index (χ2n) is 9.61. The van der Waals surface area contributed by atoms with Gasteiger partial charge in [0.15, 0.2) is 0 Å². The highest BCUT2D eigenvalue weighted by molar-refractivity contribution is 7.92. The van der Waals surface area contributed by atoms with Crippen LogP contribution in [0, 0.1) is 0 Å². The summed E-state index contributed by atoms with van der Waals surface area (Å²) in [4.78, 5) is 29.0. The molecule has 0 aromatic heterocycles. The van der Waals surface area contributed by atoms with E-state index in [4.69, 9.17) is 27.9 Å². The summed E-state index contributed by atoms with van der Waals surface area (Å²) in [6.45, 7) is -0.602. The number of sulfonamides is 1. The lowest BCUT2D eigenvalue weighted by Crippen LogP contribution is -2.53. The number of ether oxygens (including phenoxy) is 1. The third-order valence-corrected chi connectivity index (χ3v) is 9.35. The van der Waals surface area contributed by atoms with E-state index in [9.17, 15) is 18.0 Å². The molecule has 0 aliphatic rings. The van der Waals surface area contributed by atoms with Crippen molar-refractivity contribution in [2.45, 2.75) is 23.9 Å². The molecule has 0 saturated carbocycles. The van der Waals surface area contributed by atoms with Gasteiger partial charge in [0.2, 0.25) is 11.8 Å². The first-order valence-electron chi connectivity index (χ1n) is 13.3. The molecule has 0 aliphatic heterocycles. The third kappa shape index (κ3) is 7.87. The van der Waals surface area contributed by atoms with Gasteiger partial charge in [-0.2, -0.15) is 0 Å². The van der Waals surface area contributed by atoms with E-state index >= 15 is 0 Å². The molecular formula is C32H31Cl2N3O5S. The fourth-order valence-electron chi connectivity index (χ4n) is 4.55. The molecule has 0 heterocycles. The first-order valence-corrected chi connectivity index (χ1v) is 15.5. The van der Waals surface area contributed by atoms with Crippen molar-refractivity contribution in [1.82, 2.24) is 10.2 Å². The topological polar surface area (TPSA) is 96.0 Å². The van der Waals surface area contributed by atoms with Crippen LogP contribution in [0.4, 0.5) is 5.69 Å². The van der Waals surface area contributed by atoms with Crippen molar-refractivity contribution in [2.75, 3.05) is 25.0 Å². The number of rotatable bonds is 12. The Bertz CT molecular complexity index is 1650. The quantitative estimate of drug-likeness (QED) is 0.218. The number of anilines is 1. The van der Waals surface area contributed by atoms with E-state index < -0.39 is 34.4 Å². The number of hydrogen-bond acceptors (Lipinski definition) is 5. The van der Waals surface area contributed by atoms with Gasteiger partial charge in [-0.05, 0) is 59.7 Å². The van der Waals surface area contributed by atoms with Crippen molar-refractivity contribution in [3.05, 3.63) is 124 Å². The molecule has 43 heavy (non-hydrogen) atoms. The van der Waals surface area contributed by atoms with Gasteiger partial charge in [-0.25, -0.2) is 8.42 Å². The number of carbonyl (C=O) groups is 2. The minimum atomic E-state index is -4.19. The van der Waals surface area contributed by atoms with E-state index in [1.54, 1.807) is 60.7 Å². The minimum Gasteiger partial charge on any atom is -0.497 e. The molecule has 2 amide bonds. The Balaban J connectivity index is 1.79. The maximum atomic E-state index is 14.3. The van der Waals surface area contributed by atoms with Crippen molar-refractivity contribution in [2.24, 2.45) is 0 Å². The minimum absolute atomic E-state index is 0.0155. The van der Waals surface area contributed by atoms with Crippen molar-refractivity contribution < 1.29 is 22.7 Å². The lowest BCUT2D eigenvalue weighted by molar-refractivity contribution is -0.139. The van der Waals surface area contributed by atoms with Gasteiger partial charge in [-0.15, -0.1) is 0 Å². The molecule has 0 spiro atoms. The number of amides is 2. The van der Waals surface area contributed by atoms with Crippen LogP contribution in [0.5, 0.6) is 5.75 Å². The van der Waals surface area contributed by atoms with Crippen LogP contribution in [0.25, 0.3) is 0 Å². The molecule has 1 atom stereocenters. The van der Waals surface area contributed by atoms with Crippen LogP contribution in [0.15, 0.2) is 108 Å². The van der Waals surface area contributed by atoms with E-state index in [1.165, 1.54) is 31.2 Å². The van der Waals surface area contributed by atoms with Crippen LogP contribution in [-0.4, -0.2) is 51.9 Å². The molecule has 4 aromatic carbocycles. The fraction of sp³-hybridized carbons (Fsp3) is 0.188. The summed E-state index contributed by atoms with van der Waals surface area (Å²) in [6.07, 6.45) is 0.196. The molecule has 224 valence electrons. The number of halogens is 2. The summed E-state index contributed by atoms with van der Waals surface area (Å²) < 4.78 is 34.2. The number of benzene rings is 4. The molecule has 1 N–H and O–H groups in total. The average molecular weight is 641 g/mol. The van der Waals surface area contributed by atoms with Crippen LogP contribution in [-0.2, 0) is 32.6 Å². The summed E-state index contributed by atoms with van der Waals surface area (Å²) in [5.74, 6) is -0.471. The van der Waals surface area contributed by atoms with Crippen LogP contribution < -0.4 is 14.4 Å². The maximum absolute atomic E-state index is 14.3. The predicted octanol–water partition coefficient (Wildman–Crippen LogP) is 5.58. The zero-order valence-corrected chi connectivity index (χ0v) is 25.9. The van der Waals surface area contributed by atoms with E-state index in [-0.39, 0.29) is 28.6 Å². The van der Waals surface area contributed by atoms with Crippen LogP contribution in [0.2, 0.25) is 10.0 Å². The summed E-state index contributed by atoms with van der Waals surface area (Å²) >= 11 is 12.4. The zero-order valence-electron chi connectivity index (χ0n) is 23.6. The number of hydrogen-bond donors (Lipinski definition) is 1. The molecule has 0 aliphatic carbocycles. The van der Waals surface area contributed by atoms with E-state index in [2.05, 4.69) is 5.32 Å². The van der Waals surface area contributed by atoms with Crippen LogP contribution in [0.3, 0.4) is 0 Å². The lowest BCUT2D eigenvalue weighted by atomic mass is 10.0. The predicted molar refractivity (Wildman–Crippen MR) is 169 cm³/mol. The standard InChI is InChI=1S/C32H31Cl2N3O5S/c1-35-32(39)30(20-23-9-5-3-6-10-23)36(21-24-13-18-28(33)29(34)19-24)31(38)22-37(25-14-16-26(42-2)17-15-25)43(40,41)27-11-7-4-8-12-27/h3-19,30H,20-22H2,1-2H3,(H,35,39)/t30-/m0/s1. The lowest BCUT2D eigenvalue weighted by Gasteiger charge is -2.33. The largest absolute Gasteiger partial charge is 0.497 e. The van der Waals surface area contributed by atoms with E-state index in [0.29, 0.717) is 16.3 Å². The van der Waals surface area contributed by atoms with Gasteiger partial charge >= 0.3 is 0 Å². The average Bonchev–Trinajstić information content (AvgIpc) is 3.03. The summed E-state index contributed by atoms with van der Waals surface area (Å²) in [5.41, 5.74) is 1.70. The number of carbonyl (C=O) groups excluding carboxylic acids is 2. The van der Waals surface area contributed by atoms with Crippen LogP contribution in [0.1, 0.15) is 11.1 Å². The molecule has 0 bridgehead atoms. The molecule has 4 aromatic rings. The number of nitrogens with one attached hydrogen (secondary N) is 1. The Morgan fingerprint density at radius 3 is 2.05 bits per heavy atom. The highest BCUT2D eigenvalue weighted by Crippen LogP contribution is 2.28. The molecule has 4 rings (SSSR count). The van der Waals surface area contributed by atoms with Crippen molar-refractivity contribution in [3.8, 4) is 5.75 Å². The number of methoxy groups -OCH3 is 1. The Labute approximate surface area is 261 Å². The van der Waals surface area contributed by atoms with Gasteiger partial charge in [0, 0.05) is 20.0 Å². The Hall–Kier alpha value is -4.05. The first-order chi connectivity index (χ1) is 20.6. The molecular weight excluding hydrogens is 609 g/mol. The van der Waals surface area contributed by atoms with Crippen LogP contribution >= 0.6 is 23.2 Å². The SMILES string of the molecule is CNC(=O)[C@H](Cc1ccccc1)N(Cc1ccc(Cl)c(Cl)c1)C(=O)CN(c1ccc(OC)cc1)S(=O)(=O)c1ccccc1. The monoisotopic (exact) mass is 639 g/mol. The van der Waals surface area contributed by atoms with Gasteiger partial charge in [-0.3, -0.25) is 13.9 Å². The smallest absolute Gasteiger partial charge is 0.264 e. The first kappa shape index (κ1) is 31.9. The van der Waals surface area contributed by atoms with E-state index in [0.717, 1.165) is 9.87 Å². The molecule has 0 radical (unpaired) electrons. The van der Waals surface area contributed by atoms with Crippen molar-refractivity contribution in [3.63, 3.8) is 0 Å². The number of likely N-dealkylation sites (N-methyl/N-ethyl adjacent to an activating group) is 1. The van der Waals surface area contributed by atoms with Crippen molar-refractivity contribution >= 4 is 50.7 Å². The second kappa shape index (κ2) is 14.4. The fourth-order valence-corrected chi connectivity index (χ4v) is 6.31. The normalized spacial score (nSPS) is 11.8. The van der Waals surface area contributed by atoms with Gasteiger partial charge < -0.3 is 15.0 Å². The third-order valence-electron chi connectivity index (χ3n) is 6.82. The number of nitrogens with zero attached hydrogens (tertiary/aromatic N) is 2. The van der Waals surface area contributed by atoms with Gasteiger partial charge in [0.05, 0.1) is 27.7 Å². The summed E-state index contributed by atoms with van der Waals surface area (Å²) in [6, 6.07) is 27.5. The molecule has 0 saturated heterocycles. The Morgan fingerprint density at radius 1 is 0.837 bits per heavy atom.